The Hall–Kier alpha value is -1.44. The van der Waals surface area contributed by atoms with Crippen LogP contribution in [0.4, 0.5) is 0 Å². The number of rotatable bonds is 6. The third-order valence-corrected chi connectivity index (χ3v) is 4.21. The van der Waals surface area contributed by atoms with Gasteiger partial charge in [0.1, 0.15) is 11.6 Å². The minimum Gasteiger partial charge on any atom is -0.459 e. The van der Waals surface area contributed by atoms with E-state index in [1.807, 2.05) is 20.8 Å². The number of benzene rings is 1. The van der Waals surface area contributed by atoms with Crippen LogP contribution >= 0.6 is 0 Å². The Balaban J connectivity index is 2.98. The van der Waals surface area contributed by atoms with Gasteiger partial charge in [-0.1, -0.05) is 18.2 Å². The first kappa shape index (κ1) is 20.6. The molecule has 0 aliphatic carbocycles. The van der Waals surface area contributed by atoms with E-state index in [0.717, 1.165) is 0 Å². The number of carbonyl (C=O) groups excluding carboxylic acids is 1. The average molecular weight is 357 g/mol. The van der Waals surface area contributed by atoms with E-state index in [2.05, 4.69) is 4.72 Å². The predicted octanol–water partition coefficient (Wildman–Crippen LogP) is 2.49. The van der Waals surface area contributed by atoms with Crippen LogP contribution in [0.15, 0.2) is 35.2 Å². The SMILES string of the molecule is CC(C)(C)OCC(NS(=O)(=O)c1ccccc1)C(=O)OC(C)(C)C. The van der Waals surface area contributed by atoms with Crippen molar-refractivity contribution < 1.29 is 22.7 Å². The Morgan fingerprint density at radius 2 is 1.58 bits per heavy atom. The van der Waals surface area contributed by atoms with Crippen molar-refractivity contribution in [3.8, 4) is 0 Å². The zero-order valence-corrected chi connectivity index (χ0v) is 15.9. The minimum absolute atomic E-state index is 0.0781. The van der Waals surface area contributed by atoms with Crippen molar-refractivity contribution in [3.05, 3.63) is 30.3 Å². The summed E-state index contributed by atoms with van der Waals surface area (Å²) in [5.41, 5.74) is -1.24. The first-order chi connectivity index (χ1) is 10.8. The van der Waals surface area contributed by atoms with Crippen LogP contribution in [0.2, 0.25) is 0 Å². The molecule has 0 heterocycles. The molecule has 1 atom stereocenters. The van der Waals surface area contributed by atoms with Gasteiger partial charge in [-0.15, -0.1) is 0 Å². The van der Waals surface area contributed by atoms with Crippen LogP contribution in [-0.2, 0) is 24.3 Å². The average Bonchev–Trinajstić information content (AvgIpc) is 2.41. The Morgan fingerprint density at radius 1 is 1.04 bits per heavy atom. The van der Waals surface area contributed by atoms with E-state index < -0.39 is 33.2 Å². The van der Waals surface area contributed by atoms with E-state index in [0.29, 0.717) is 0 Å². The first-order valence-electron chi connectivity index (χ1n) is 7.74. The molecule has 1 rings (SSSR count). The summed E-state index contributed by atoms with van der Waals surface area (Å²) in [5, 5.41) is 0. The maximum absolute atomic E-state index is 12.5. The molecular weight excluding hydrogens is 330 g/mol. The normalized spacial score (nSPS) is 14.2. The van der Waals surface area contributed by atoms with Crippen LogP contribution in [0.25, 0.3) is 0 Å². The van der Waals surface area contributed by atoms with Crippen LogP contribution in [0.1, 0.15) is 41.5 Å². The van der Waals surface area contributed by atoms with Gasteiger partial charge in [-0.25, -0.2) is 8.42 Å². The molecule has 0 saturated carbocycles. The highest BCUT2D eigenvalue weighted by molar-refractivity contribution is 7.89. The fourth-order valence-electron chi connectivity index (χ4n) is 1.71. The van der Waals surface area contributed by atoms with Gasteiger partial charge in [0.2, 0.25) is 10.0 Å². The molecule has 1 unspecified atom stereocenters. The third kappa shape index (κ3) is 7.42. The lowest BCUT2D eigenvalue weighted by atomic mass is 10.2. The number of esters is 1. The summed E-state index contributed by atoms with van der Waals surface area (Å²) in [5.74, 6) is -0.675. The Labute approximate surface area is 144 Å². The van der Waals surface area contributed by atoms with Gasteiger partial charge in [0.25, 0.3) is 0 Å². The Morgan fingerprint density at radius 3 is 2.04 bits per heavy atom. The molecule has 0 aliphatic heterocycles. The van der Waals surface area contributed by atoms with Crippen molar-refractivity contribution in [2.45, 2.75) is 63.7 Å². The Bertz CT molecular complexity index is 642. The molecule has 24 heavy (non-hydrogen) atoms. The van der Waals surface area contributed by atoms with Gasteiger partial charge < -0.3 is 9.47 Å². The number of hydrogen-bond acceptors (Lipinski definition) is 5. The Kier molecular flexibility index (Phi) is 6.55. The number of carbonyl (C=O) groups is 1. The second-order valence-electron chi connectivity index (χ2n) is 7.44. The monoisotopic (exact) mass is 357 g/mol. The standard InChI is InChI=1S/C17H27NO5S/c1-16(2,3)22-12-14(15(19)23-17(4,5)6)18-24(20,21)13-10-8-7-9-11-13/h7-11,14,18H,12H2,1-6H3. The van der Waals surface area contributed by atoms with Crippen LogP contribution < -0.4 is 4.72 Å². The van der Waals surface area contributed by atoms with Crippen molar-refractivity contribution in [2.24, 2.45) is 0 Å². The second kappa shape index (κ2) is 7.63. The van der Waals surface area contributed by atoms with E-state index in [4.69, 9.17) is 9.47 Å². The van der Waals surface area contributed by atoms with Crippen molar-refractivity contribution in [2.75, 3.05) is 6.61 Å². The molecule has 136 valence electrons. The van der Waals surface area contributed by atoms with E-state index in [1.54, 1.807) is 39.0 Å². The maximum atomic E-state index is 12.5. The molecule has 0 saturated heterocycles. The topological polar surface area (TPSA) is 81.7 Å². The zero-order valence-electron chi connectivity index (χ0n) is 15.1. The molecule has 0 radical (unpaired) electrons. The summed E-state index contributed by atoms with van der Waals surface area (Å²) < 4.78 is 38.2. The van der Waals surface area contributed by atoms with Crippen LogP contribution in [-0.4, -0.2) is 38.2 Å². The van der Waals surface area contributed by atoms with Crippen molar-refractivity contribution in [1.82, 2.24) is 4.72 Å². The molecule has 0 bridgehead atoms. The zero-order chi connectivity index (χ0) is 18.6. The van der Waals surface area contributed by atoms with Crippen molar-refractivity contribution in [3.63, 3.8) is 0 Å². The minimum atomic E-state index is -3.86. The lowest BCUT2D eigenvalue weighted by Gasteiger charge is -2.27. The van der Waals surface area contributed by atoms with Gasteiger partial charge in [-0.2, -0.15) is 4.72 Å². The molecule has 0 aromatic heterocycles. The number of ether oxygens (including phenoxy) is 2. The molecule has 1 N–H and O–H groups in total. The fourth-order valence-corrected chi connectivity index (χ4v) is 2.90. The summed E-state index contributed by atoms with van der Waals surface area (Å²) in [4.78, 5) is 12.4. The van der Waals surface area contributed by atoms with E-state index in [9.17, 15) is 13.2 Å². The van der Waals surface area contributed by atoms with Crippen LogP contribution in [0.5, 0.6) is 0 Å². The quantitative estimate of drug-likeness (QED) is 0.791. The highest BCUT2D eigenvalue weighted by Crippen LogP contribution is 2.14. The van der Waals surface area contributed by atoms with E-state index in [1.165, 1.54) is 12.1 Å². The second-order valence-corrected chi connectivity index (χ2v) is 9.16. The van der Waals surface area contributed by atoms with Gasteiger partial charge in [0, 0.05) is 0 Å². The van der Waals surface area contributed by atoms with Gasteiger partial charge in [-0.3, -0.25) is 4.79 Å². The molecule has 1 aromatic carbocycles. The van der Waals surface area contributed by atoms with Crippen molar-refractivity contribution in [1.29, 1.82) is 0 Å². The largest absolute Gasteiger partial charge is 0.459 e. The number of nitrogens with one attached hydrogen (secondary N) is 1. The molecule has 7 heteroatoms. The third-order valence-electron chi connectivity index (χ3n) is 2.73. The molecule has 0 fully saturated rings. The van der Waals surface area contributed by atoms with Gasteiger partial charge in [-0.05, 0) is 53.7 Å². The number of hydrogen-bond donors (Lipinski definition) is 1. The first-order valence-corrected chi connectivity index (χ1v) is 9.23. The molecule has 1 aromatic rings. The van der Waals surface area contributed by atoms with Crippen LogP contribution in [0, 0.1) is 0 Å². The highest BCUT2D eigenvalue weighted by atomic mass is 32.2. The van der Waals surface area contributed by atoms with Crippen LogP contribution in [0.3, 0.4) is 0 Å². The maximum Gasteiger partial charge on any atom is 0.327 e. The molecule has 6 nitrogen and oxygen atoms in total. The predicted molar refractivity (Wildman–Crippen MR) is 92.1 cm³/mol. The number of sulfonamides is 1. The van der Waals surface area contributed by atoms with Crippen molar-refractivity contribution >= 4 is 16.0 Å². The molecule has 0 spiro atoms. The van der Waals surface area contributed by atoms with E-state index in [-0.39, 0.29) is 11.5 Å². The summed E-state index contributed by atoms with van der Waals surface area (Å²) >= 11 is 0. The molecular formula is C17H27NO5S. The summed E-state index contributed by atoms with van der Waals surface area (Å²) in [7, 11) is -3.86. The van der Waals surface area contributed by atoms with Gasteiger partial charge >= 0.3 is 5.97 Å². The highest BCUT2D eigenvalue weighted by Gasteiger charge is 2.31. The van der Waals surface area contributed by atoms with Gasteiger partial charge in [0.15, 0.2) is 0 Å². The fraction of sp³-hybridized carbons (Fsp3) is 0.588. The summed E-state index contributed by atoms with van der Waals surface area (Å²) in [6, 6.07) is 6.73. The molecule has 0 amide bonds. The molecule has 0 aliphatic rings. The van der Waals surface area contributed by atoms with Gasteiger partial charge in [0.05, 0.1) is 17.1 Å². The summed E-state index contributed by atoms with van der Waals surface area (Å²) in [6.45, 7) is 10.5. The lowest BCUT2D eigenvalue weighted by Crippen LogP contribution is -2.48. The smallest absolute Gasteiger partial charge is 0.327 e. The van der Waals surface area contributed by atoms with E-state index >= 15 is 0 Å². The summed E-state index contributed by atoms with van der Waals surface area (Å²) in [6.07, 6.45) is 0. The lowest BCUT2D eigenvalue weighted by molar-refractivity contribution is -0.159.